The second-order valence-electron chi connectivity index (χ2n) is 2.65. The van der Waals surface area contributed by atoms with Gasteiger partial charge in [0.15, 0.2) is 0 Å². The number of aliphatic carboxylic acids is 1. The van der Waals surface area contributed by atoms with Gasteiger partial charge >= 0.3 is 5.97 Å². The number of nitrogens with zero attached hydrogens (tertiary/aromatic N) is 1. The molecule has 0 rings (SSSR count). The number of hydrazone groups is 1. The SMILES string of the molecule is NN=C(N)NCCCCCC(=O)O. The molecule has 0 aliphatic heterocycles. The van der Waals surface area contributed by atoms with Crippen LogP contribution in [-0.2, 0) is 4.79 Å². The van der Waals surface area contributed by atoms with Crippen LogP contribution in [0.15, 0.2) is 5.10 Å². The van der Waals surface area contributed by atoms with Crippen molar-refractivity contribution < 1.29 is 9.90 Å². The largest absolute Gasteiger partial charge is 0.481 e. The number of carboxylic acid groups (broad SMARTS) is 1. The van der Waals surface area contributed by atoms with Gasteiger partial charge in [0, 0.05) is 13.0 Å². The van der Waals surface area contributed by atoms with Crippen molar-refractivity contribution in [3.8, 4) is 0 Å². The van der Waals surface area contributed by atoms with Crippen LogP contribution in [0.1, 0.15) is 25.7 Å². The van der Waals surface area contributed by atoms with Crippen LogP contribution in [0, 0.1) is 0 Å². The smallest absolute Gasteiger partial charge is 0.303 e. The Morgan fingerprint density at radius 1 is 1.38 bits per heavy atom. The summed E-state index contributed by atoms with van der Waals surface area (Å²) in [5.41, 5.74) is 5.26. The van der Waals surface area contributed by atoms with E-state index in [1.54, 1.807) is 0 Å². The number of nitrogens with one attached hydrogen (secondary N) is 1. The third-order valence-corrected chi connectivity index (χ3v) is 1.51. The number of unbranched alkanes of at least 4 members (excludes halogenated alkanes) is 2. The summed E-state index contributed by atoms with van der Waals surface area (Å²) in [4.78, 5) is 10.1. The number of hydrogen-bond acceptors (Lipinski definition) is 3. The van der Waals surface area contributed by atoms with Crippen molar-refractivity contribution in [2.75, 3.05) is 6.54 Å². The summed E-state index contributed by atoms with van der Waals surface area (Å²) < 4.78 is 0. The minimum Gasteiger partial charge on any atom is -0.481 e. The van der Waals surface area contributed by atoms with Crippen molar-refractivity contribution in [2.24, 2.45) is 16.7 Å². The minimum absolute atomic E-state index is 0.207. The molecule has 0 spiro atoms. The summed E-state index contributed by atoms with van der Waals surface area (Å²) in [6, 6.07) is 0. The Labute approximate surface area is 77.0 Å². The molecule has 0 fully saturated rings. The van der Waals surface area contributed by atoms with E-state index in [0.29, 0.717) is 13.0 Å². The van der Waals surface area contributed by atoms with E-state index in [4.69, 9.17) is 16.7 Å². The van der Waals surface area contributed by atoms with E-state index < -0.39 is 5.97 Å². The van der Waals surface area contributed by atoms with Gasteiger partial charge in [-0.25, -0.2) is 0 Å². The molecule has 0 aromatic rings. The molecule has 6 heteroatoms. The van der Waals surface area contributed by atoms with Gasteiger partial charge < -0.3 is 22.0 Å². The molecule has 76 valence electrons. The average molecular weight is 188 g/mol. The van der Waals surface area contributed by atoms with Gasteiger partial charge in [0.05, 0.1) is 0 Å². The molecule has 6 N–H and O–H groups in total. The molecular formula is C7H16N4O2. The van der Waals surface area contributed by atoms with E-state index in [2.05, 4.69) is 10.4 Å². The van der Waals surface area contributed by atoms with Crippen LogP contribution in [-0.4, -0.2) is 23.6 Å². The van der Waals surface area contributed by atoms with E-state index in [9.17, 15) is 4.79 Å². The lowest BCUT2D eigenvalue weighted by atomic mass is 10.2. The molecule has 0 aromatic heterocycles. The summed E-state index contributed by atoms with van der Waals surface area (Å²) in [6.45, 7) is 0.673. The van der Waals surface area contributed by atoms with Crippen LogP contribution in [0.3, 0.4) is 0 Å². The predicted octanol–water partition coefficient (Wildman–Crippen LogP) is -0.591. The van der Waals surface area contributed by atoms with Crippen LogP contribution < -0.4 is 16.9 Å². The summed E-state index contributed by atoms with van der Waals surface area (Å²) in [5, 5.41) is 14.3. The number of rotatable bonds is 6. The maximum absolute atomic E-state index is 10.1. The summed E-state index contributed by atoms with van der Waals surface area (Å²) in [7, 11) is 0. The van der Waals surface area contributed by atoms with Gasteiger partial charge in [-0.05, 0) is 12.8 Å². The van der Waals surface area contributed by atoms with E-state index in [1.165, 1.54) is 0 Å². The van der Waals surface area contributed by atoms with Gasteiger partial charge in [-0.1, -0.05) is 6.42 Å². The molecule has 0 unspecified atom stereocenters. The van der Waals surface area contributed by atoms with Crippen LogP contribution in [0.4, 0.5) is 0 Å². The van der Waals surface area contributed by atoms with Crippen molar-refractivity contribution >= 4 is 11.9 Å². The Balaban J connectivity index is 3.13. The third-order valence-electron chi connectivity index (χ3n) is 1.51. The maximum Gasteiger partial charge on any atom is 0.303 e. The van der Waals surface area contributed by atoms with Crippen LogP contribution in [0.25, 0.3) is 0 Å². The molecule has 0 aromatic carbocycles. The second-order valence-corrected chi connectivity index (χ2v) is 2.65. The molecule has 0 aliphatic rings. The minimum atomic E-state index is -0.754. The molecule has 0 bridgehead atoms. The monoisotopic (exact) mass is 188 g/mol. The highest BCUT2D eigenvalue weighted by atomic mass is 16.4. The molecule has 0 heterocycles. The number of hydrogen-bond donors (Lipinski definition) is 4. The quantitative estimate of drug-likeness (QED) is 0.146. The summed E-state index contributed by atoms with van der Waals surface area (Å²) in [6.07, 6.45) is 2.64. The number of carboxylic acids is 1. The zero-order valence-corrected chi connectivity index (χ0v) is 7.49. The van der Waals surface area contributed by atoms with E-state index in [1.807, 2.05) is 0 Å². The zero-order valence-electron chi connectivity index (χ0n) is 7.49. The van der Waals surface area contributed by atoms with E-state index >= 15 is 0 Å². The predicted molar refractivity (Wildman–Crippen MR) is 49.9 cm³/mol. The maximum atomic E-state index is 10.1. The van der Waals surface area contributed by atoms with Gasteiger partial charge in [0.25, 0.3) is 0 Å². The van der Waals surface area contributed by atoms with Crippen molar-refractivity contribution in [2.45, 2.75) is 25.7 Å². The molecule has 0 amide bonds. The summed E-state index contributed by atoms with van der Waals surface area (Å²) >= 11 is 0. The normalized spacial score (nSPS) is 11.2. The van der Waals surface area contributed by atoms with E-state index in [0.717, 1.165) is 12.8 Å². The Morgan fingerprint density at radius 3 is 2.62 bits per heavy atom. The van der Waals surface area contributed by atoms with Crippen molar-refractivity contribution in [3.05, 3.63) is 0 Å². The molecule has 0 saturated heterocycles. The van der Waals surface area contributed by atoms with Crippen LogP contribution in [0.2, 0.25) is 0 Å². The van der Waals surface area contributed by atoms with Crippen LogP contribution >= 0.6 is 0 Å². The topological polar surface area (TPSA) is 114 Å². The first kappa shape index (κ1) is 11.5. The first-order chi connectivity index (χ1) is 6.16. The van der Waals surface area contributed by atoms with Crippen LogP contribution in [0.5, 0.6) is 0 Å². The molecule has 13 heavy (non-hydrogen) atoms. The Bertz CT molecular complexity index is 181. The summed E-state index contributed by atoms with van der Waals surface area (Å²) in [5.74, 6) is 4.33. The zero-order chi connectivity index (χ0) is 10.1. The Hall–Kier alpha value is -1.46. The highest BCUT2D eigenvalue weighted by Gasteiger charge is 1.96. The lowest BCUT2D eigenvalue weighted by Crippen LogP contribution is -2.33. The highest BCUT2D eigenvalue weighted by molar-refractivity contribution is 5.77. The van der Waals surface area contributed by atoms with E-state index in [-0.39, 0.29) is 12.4 Å². The number of nitrogens with two attached hydrogens (primary N) is 2. The molecule has 0 aliphatic carbocycles. The van der Waals surface area contributed by atoms with Crippen molar-refractivity contribution in [3.63, 3.8) is 0 Å². The molecule has 6 nitrogen and oxygen atoms in total. The Kier molecular flexibility index (Phi) is 6.39. The van der Waals surface area contributed by atoms with Crippen molar-refractivity contribution in [1.29, 1.82) is 0 Å². The van der Waals surface area contributed by atoms with Gasteiger partial charge in [-0.2, -0.15) is 0 Å². The fraction of sp³-hybridized carbons (Fsp3) is 0.714. The lowest BCUT2D eigenvalue weighted by Gasteiger charge is -2.02. The fourth-order valence-corrected chi connectivity index (χ4v) is 0.840. The Morgan fingerprint density at radius 2 is 2.08 bits per heavy atom. The standard InChI is InChI=1S/C7H16N4O2/c8-7(11-9)10-5-3-1-2-4-6(12)13/h1-5,9H2,(H,12,13)(H3,8,10,11). The highest BCUT2D eigenvalue weighted by Crippen LogP contribution is 1.98. The lowest BCUT2D eigenvalue weighted by molar-refractivity contribution is -0.137. The van der Waals surface area contributed by atoms with Crippen molar-refractivity contribution in [1.82, 2.24) is 5.32 Å². The first-order valence-electron chi connectivity index (χ1n) is 4.16. The molecular weight excluding hydrogens is 172 g/mol. The van der Waals surface area contributed by atoms with Gasteiger partial charge in [0.2, 0.25) is 5.96 Å². The number of guanidine groups is 1. The fourth-order valence-electron chi connectivity index (χ4n) is 0.840. The average Bonchev–Trinajstić information content (AvgIpc) is 2.10. The molecule has 0 saturated carbocycles. The first-order valence-corrected chi connectivity index (χ1v) is 4.16. The number of carbonyl (C=O) groups is 1. The van der Waals surface area contributed by atoms with Gasteiger partial charge in [-0.3, -0.25) is 4.79 Å². The third kappa shape index (κ3) is 8.45. The second kappa shape index (κ2) is 7.20. The molecule has 0 atom stereocenters. The molecule has 0 radical (unpaired) electrons. The van der Waals surface area contributed by atoms with Gasteiger partial charge in [-0.15, -0.1) is 5.10 Å². The van der Waals surface area contributed by atoms with Gasteiger partial charge in [0.1, 0.15) is 0 Å².